The Morgan fingerprint density at radius 2 is 1.94 bits per heavy atom. The monoisotopic (exact) mass is 234 g/mol. The van der Waals surface area contributed by atoms with E-state index in [1.807, 2.05) is 6.92 Å². The standard InChI is InChI=1S/C12H14N2O3/c1-7-3-4-9(12(13)17)10(5-7)14-11(16)6-8(2)15/h3-5H,6H2,1-2H3,(H2,13,17)(H,14,16). The molecule has 0 fully saturated rings. The third kappa shape index (κ3) is 3.71. The number of carbonyl (C=O) groups is 3. The van der Waals surface area contributed by atoms with E-state index in [1.54, 1.807) is 18.2 Å². The smallest absolute Gasteiger partial charge is 0.250 e. The Morgan fingerprint density at radius 3 is 2.47 bits per heavy atom. The molecule has 0 aliphatic carbocycles. The predicted molar refractivity (Wildman–Crippen MR) is 63.6 cm³/mol. The molecule has 1 rings (SSSR count). The van der Waals surface area contributed by atoms with Gasteiger partial charge in [-0.25, -0.2) is 0 Å². The molecule has 0 bridgehead atoms. The van der Waals surface area contributed by atoms with Crippen molar-refractivity contribution in [2.45, 2.75) is 20.3 Å². The molecule has 0 unspecified atom stereocenters. The lowest BCUT2D eigenvalue weighted by atomic mass is 10.1. The molecular weight excluding hydrogens is 220 g/mol. The number of anilines is 1. The molecule has 1 aromatic rings. The summed E-state index contributed by atoms with van der Waals surface area (Å²) in [6, 6.07) is 4.90. The molecule has 90 valence electrons. The Balaban J connectivity index is 2.96. The highest BCUT2D eigenvalue weighted by molar-refractivity contribution is 6.07. The van der Waals surface area contributed by atoms with Gasteiger partial charge in [0.25, 0.3) is 5.91 Å². The van der Waals surface area contributed by atoms with Gasteiger partial charge in [-0.2, -0.15) is 0 Å². The molecule has 17 heavy (non-hydrogen) atoms. The van der Waals surface area contributed by atoms with Crippen molar-refractivity contribution in [1.82, 2.24) is 0 Å². The Hall–Kier alpha value is -2.17. The van der Waals surface area contributed by atoms with Gasteiger partial charge in [0, 0.05) is 0 Å². The minimum Gasteiger partial charge on any atom is -0.366 e. The molecule has 5 heteroatoms. The number of primary amides is 1. The van der Waals surface area contributed by atoms with Crippen molar-refractivity contribution in [1.29, 1.82) is 0 Å². The number of hydrogen-bond acceptors (Lipinski definition) is 3. The molecule has 2 amide bonds. The van der Waals surface area contributed by atoms with Crippen LogP contribution in [0.2, 0.25) is 0 Å². The van der Waals surface area contributed by atoms with Crippen LogP contribution in [0.3, 0.4) is 0 Å². The van der Waals surface area contributed by atoms with Crippen LogP contribution in [-0.4, -0.2) is 17.6 Å². The quantitative estimate of drug-likeness (QED) is 0.762. The highest BCUT2D eigenvalue weighted by atomic mass is 16.2. The van der Waals surface area contributed by atoms with E-state index in [4.69, 9.17) is 5.73 Å². The first-order valence-corrected chi connectivity index (χ1v) is 5.10. The third-order valence-corrected chi connectivity index (χ3v) is 2.12. The number of nitrogens with two attached hydrogens (primary N) is 1. The van der Waals surface area contributed by atoms with E-state index in [2.05, 4.69) is 5.32 Å². The van der Waals surface area contributed by atoms with E-state index in [0.29, 0.717) is 5.69 Å². The summed E-state index contributed by atoms with van der Waals surface area (Å²) in [5.74, 6) is -1.32. The second-order valence-corrected chi connectivity index (χ2v) is 3.84. The Morgan fingerprint density at radius 1 is 1.29 bits per heavy atom. The molecule has 0 radical (unpaired) electrons. The SMILES string of the molecule is CC(=O)CC(=O)Nc1cc(C)ccc1C(N)=O. The van der Waals surface area contributed by atoms with E-state index in [9.17, 15) is 14.4 Å². The van der Waals surface area contributed by atoms with Crippen LogP contribution in [0.1, 0.15) is 29.3 Å². The average molecular weight is 234 g/mol. The zero-order chi connectivity index (χ0) is 13.0. The number of nitrogens with one attached hydrogen (secondary N) is 1. The molecule has 5 nitrogen and oxygen atoms in total. The maximum Gasteiger partial charge on any atom is 0.250 e. The molecule has 0 atom stereocenters. The first-order valence-electron chi connectivity index (χ1n) is 5.10. The summed E-state index contributed by atoms with van der Waals surface area (Å²) >= 11 is 0. The number of Topliss-reactive ketones (excluding diaryl/α,β-unsaturated/α-hetero) is 1. The number of hydrogen-bond donors (Lipinski definition) is 2. The summed E-state index contributed by atoms with van der Waals surface area (Å²) in [7, 11) is 0. The Bertz CT molecular complexity index is 481. The van der Waals surface area contributed by atoms with Crippen LogP contribution in [0.5, 0.6) is 0 Å². The topological polar surface area (TPSA) is 89.3 Å². The summed E-state index contributed by atoms with van der Waals surface area (Å²) in [5, 5.41) is 2.50. The van der Waals surface area contributed by atoms with E-state index in [1.165, 1.54) is 6.92 Å². The third-order valence-electron chi connectivity index (χ3n) is 2.12. The highest BCUT2D eigenvalue weighted by Crippen LogP contribution is 2.17. The summed E-state index contributed by atoms with van der Waals surface area (Å²) in [6.07, 6.45) is -0.216. The zero-order valence-corrected chi connectivity index (χ0v) is 9.74. The van der Waals surface area contributed by atoms with Crippen molar-refractivity contribution < 1.29 is 14.4 Å². The maximum absolute atomic E-state index is 11.4. The van der Waals surface area contributed by atoms with Crippen LogP contribution >= 0.6 is 0 Å². The van der Waals surface area contributed by atoms with Crippen LogP contribution in [-0.2, 0) is 9.59 Å². The predicted octanol–water partition coefficient (Wildman–Crippen LogP) is 1.01. The van der Waals surface area contributed by atoms with Gasteiger partial charge in [-0.3, -0.25) is 14.4 Å². The molecule has 0 aliphatic heterocycles. The normalized spacial score (nSPS) is 9.76. The van der Waals surface area contributed by atoms with Gasteiger partial charge < -0.3 is 11.1 Å². The molecular formula is C12H14N2O3. The molecule has 0 aromatic heterocycles. The van der Waals surface area contributed by atoms with Crippen molar-refractivity contribution in [2.24, 2.45) is 5.73 Å². The lowest BCUT2D eigenvalue weighted by Gasteiger charge is -2.09. The Kier molecular flexibility index (Phi) is 3.98. The van der Waals surface area contributed by atoms with E-state index >= 15 is 0 Å². The van der Waals surface area contributed by atoms with Crippen LogP contribution in [0, 0.1) is 6.92 Å². The van der Waals surface area contributed by atoms with Gasteiger partial charge in [-0.15, -0.1) is 0 Å². The number of aryl methyl sites for hydroxylation is 1. The summed E-state index contributed by atoms with van der Waals surface area (Å²) in [4.78, 5) is 33.3. The molecule has 3 N–H and O–H groups in total. The zero-order valence-electron chi connectivity index (χ0n) is 9.74. The largest absolute Gasteiger partial charge is 0.366 e. The van der Waals surface area contributed by atoms with Crippen molar-refractivity contribution in [3.8, 4) is 0 Å². The van der Waals surface area contributed by atoms with Crippen molar-refractivity contribution in [3.05, 3.63) is 29.3 Å². The van der Waals surface area contributed by atoms with E-state index in [-0.39, 0.29) is 17.8 Å². The van der Waals surface area contributed by atoms with Gasteiger partial charge in [0.05, 0.1) is 17.7 Å². The fourth-order valence-electron chi connectivity index (χ4n) is 1.40. The number of ketones is 1. The molecule has 0 spiro atoms. The van der Waals surface area contributed by atoms with Gasteiger partial charge in [-0.1, -0.05) is 6.07 Å². The van der Waals surface area contributed by atoms with Crippen molar-refractivity contribution >= 4 is 23.3 Å². The molecule has 0 aliphatic rings. The minimum atomic E-state index is -0.622. The van der Waals surface area contributed by atoms with Crippen LogP contribution in [0.25, 0.3) is 0 Å². The van der Waals surface area contributed by atoms with Gasteiger partial charge in [0.2, 0.25) is 5.91 Å². The molecule has 1 aromatic carbocycles. The maximum atomic E-state index is 11.4. The van der Waals surface area contributed by atoms with Crippen LogP contribution in [0.4, 0.5) is 5.69 Å². The fourth-order valence-corrected chi connectivity index (χ4v) is 1.40. The van der Waals surface area contributed by atoms with Crippen LogP contribution < -0.4 is 11.1 Å². The number of amides is 2. The highest BCUT2D eigenvalue weighted by Gasteiger charge is 2.12. The van der Waals surface area contributed by atoms with Gasteiger partial charge in [0.1, 0.15) is 5.78 Å². The van der Waals surface area contributed by atoms with Crippen molar-refractivity contribution in [3.63, 3.8) is 0 Å². The fraction of sp³-hybridized carbons (Fsp3) is 0.250. The van der Waals surface area contributed by atoms with Gasteiger partial charge >= 0.3 is 0 Å². The second kappa shape index (κ2) is 5.25. The number of rotatable bonds is 4. The molecule has 0 saturated heterocycles. The summed E-state index contributed by atoms with van der Waals surface area (Å²) in [5.41, 5.74) is 6.63. The average Bonchev–Trinajstić information content (AvgIpc) is 2.15. The molecule has 0 heterocycles. The van der Waals surface area contributed by atoms with E-state index < -0.39 is 11.8 Å². The Labute approximate surface area is 99.0 Å². The molecule has 0 saturated carbocycles. The second-order valence-electron chi connectivity index (χ2n) is 3.84. The summed E-state index contributed by atoms with van der Waals surface area (Å²) < 4.78 is 0. The number of benzene rings is 1. The first-order chi connectivity index (χ1) is 7.90. The lowest BCUT2D eigenvalue weighted by molar-refractivity contribution is -0.124. The van der Waals surface area contributed by atoms with Crippen molar-refractivity contribution in [2.75, 3.05) is 5.32 Å². The minimum absolute atomic E-state index is 0.216. The van der Waals surface area contributed by atoms with E-state index in [0.717, 1.165) is 5.56 Å². The van der Waals surface area contributed by atoms with Gasteiger partial charge in [-0.05, 0) is 31.5 Å². The van der Waals surface area contributed by atoms with Crippen LogP contribution in [0.15, 0.2) is 18.2 Å². The number of carbonyl (C=O) groups excluding carboxylic acids is 3. The lowest BCUT2D eigenvalue weighted by Crippen LogP contribution is -2.19. The summed E-state index contributed by atoms with van der Waals surface area (Å²) in [6.45, 7) is 3.15. The van der Waals surface area contributed by atoms with Gasteiger partial charge in [0.15, 0.2) is 0 Å². The first kappa shape index (κ1) is 12.9.